The third-order valence-electron chi connectivity index (χ3n) is 5.33. The third-order valence-corrected chi connectivity index (χ3v) is 5.33. The summed E-state index contributed by atoms with van der Waals surface area (Å²) in [7, 11) is 1.33. The Balaban J connectivity index is 2.08. The molecule has 0 saturated heterocycles. The number of hydrogen-bond donors (Lipinski definition) is 1. The van der Waals surface area contributed by atoms with Gasteiger partial charge in [-0.2, -0.15) is 18.3 Å². The van der Waals surface area contributed by atoms with Crippen LogP contribution in [0, 0.1) is 5.82 Å². The third kappa shape index (κ3) is 4.41. The Hall–Kier alpha value is -2.94. The predicted molar refractivity (Wildman–Crippen MR) is 108 cm³/mol. The van der Waals surface area contributed by atoms with Crippen LogP contribution < -0.4 is 10.2 Å². The highest BCUT2D eigenvalue weighted by Crippen LogP contribution is 2.44. The van der Waals surface area contributed by atoms with Crippen molar-refractivity contribution in [1.82, 2.24) is 9.78 Å². The standard InChI is InChI=1S/C22H22F4N2O3/c1-20(2,16-10-14(23)8-9-19(16)31-3)12-21(30,22(24,25)26)13-28-17-7-5-4-6-15(17)18(29)11-27-28/h4-11,30H,12-13H2,1-3H3. The van der Waals surface area contributed by atoms with Crippen molar-refractivity contribution in [1.29, 1.82) is 0 Å². The van der Waals surface area contributed by atoms with Gasteiger partial charge >= 0.3 is 6.18 Å². The van der Waals surface area contributed by atoms with Crippen molar-refractivity contribution in [3.05, 3.63) is 70.3 Å². The molecule has 3 rings (SSSR count). The molecule has 0 spiro atoms. The lowest BCUT2D eigenvalue weighted by Crippen LogP contribution is -2.52. The lowest BCUT2D eigenvalue weighted by Gasteiger charge is -2.38. The summed E-state index contributed by atoms with van der Waals surface area (Å²) in [4.78, 5) is 12.0. The molecule has 1 aromatic heterocycles. The Bertz CT molecular complexity index is 1160. The van der Waals surface area contributed by atoms with Gasteiger partial charge in [0.1, 0.15) is 11.6 Å². The first-order chi connectivity index (χ1) is 14.4. The number of aromatic nitrogens is 2. The Kier molecular flexibility index (Phi) is 5.84. The summed E-state index contributed by atoms with van der Waals surface area (Å²) < 4.78 is 62.4. The summed E-state index contributed by atoms with van der Waals surface area (Å²) >= 11 is 0. The molecule has 166 valence electrons. The van der Waals surface area contributed by atoms with E-state index in [0.29, 0.717) is 0 Å². The number of ether oxygens (including phenoxy) is 1. The van der Waals surface area contributed by atoms with Crippen LogP contribution in [0.2, 0.25) is 0 Å². The van der Waals surface area contributed by atoms with Crippen LogP contribution in [0.15, 0.2) is 53.5 Å². The van der Waals surface area contributed by atoms with E-state index < -0.39 is 41.4 Å². The first-order valence-electron chi connectivity index (χ1n) is 9.46. The molecule has 3 aromatic rings. The van der Waals surface area contributed by atoms with Crippen LogP contribution in [0.3, 0.4) is 0 Å². The number of rotatable bonds is 6. The highest BCUT2D eigenvalue weighted by molar-refractivity contribution is 5.77. The Morgan fingerprint density at radius 1 is 1.13 bits per heavy atom. The Morgan fingerprint density at radius 3 is 2.45 bits per heavy atom. The molecular weight excluding hydrogens is 416 g/mol. The first kappa shape index (κ1) is 22.7. The molecule has 0 bridgehead atoms. The number of methoxy groups -OCH3 is 1. The Morgan fingerprint density at radius 2 is 1.81 bits per heavy atom. The van der Waals surface area contributed by atoms with Crippen LogP contribution >= 0.6 is 0 Å². The normalized spacial score (nSPS) is 14.5. The van der Waals surface area contributed by atoms with E-state index in [1.54, 1.807) is 12.1 Å². The van der Waals surface area contributed by atoms with Crippen molar-refractivity contribution in [2.75, 3.05) is 7.11 Å². The fraction of sp³-hybridized carbons (Fsp3) is 0.364. The molecule has 0 fully saturated rings. The van der Waals surface area contributed by atoms with E-state index in [-0.39, 0.29) is 22.2 Å². The highest BCUT2D eigenvalue weighted by Gasteiger charge is 2.56. The van der Waals surface area contributed by atoms with E-state index in [0.717, 1.165) is 23.0 Å². The summed E-state index contributed by atoms with van der Waals surface area (Å²) in [5, 5.41) is 14.9. The number of benzene rings is 2. The molecule has 1 unspecified atom stereocenters. The SMILES string of the molecule is COc1ccc(F)cc1C(C)(C)CC(O)(Cn1ncc(=O)c2ccccc21)C(F)(F)F. The maximum absolute atomic E-state index is 14.1. The van der Waals surface area contributed by atoms with Crippen molar-refractivity contribution in [3.63, 3.8) is 0 Å². The number of alkyl halides is 3. The van der Waals surface area contributed by atoms with E-state index in [2.05, 4.69) is 5.10 Å². The topological polar surface area (TPSA) is 64.3 Å². The zero-order chi connectivity index (χ0) is 23.0. The molecule has 31 heavy (non-hydrogen) atoms. The van der Waals surface area contributed by atoms with E-state index in [1.165, 1.54) is 39.2 Å². The van der Waals surface area contributed by atoms with Gasteiger partial charge in [-0.1, -0.05) is 26.0 Å². The predicted octanol–water partition coefficient (Wildman–Crippen LogP) is 4.21. The maximum Gasteiger partial charge on any atom is 0.419 e. The van der Waals surface area contributed by atoms with Gasteiger partial charge in [0, 0.05) is 10.9 Å². The fourth-order valence-electron chi connectivity index (χ4n) is 3.82. The first-order valence-corrected chi connectivity index (χ1v) is 9.46. The lowest BCUT2D eigenvalue weighted by atomic mass is 9.74. The molecule has 0 aliphatic heterocycles. The monoisotopic (exact) mass is 438 g/mol. The molecule has 0 aliphatic carbocycles. The maximum atomic E-state index is 14.1. The second kappa shape index (κ2) is 7.96. The minimum absolute atomic E-state index is 0.166. The molecule has 0 radical (unpaired) electrons. The quantitative estimate of drug-likeness (QED) is 0.586. The van der Waals surface area contributed by atoms with Crippen molar-refractivity contribution in [2.24, 2.45) is 0 Å². The van der Waals surface area contributed by atoms with E-state index in [4.69, 9.17) is 4.74 Å². The van der Waals surface area contributed by atoms with Crippen LogP contribution in [0.1, 0.15) is 25.8 Å². The number of fused-ring (bicyclic) bond motifs is 1. The molecule has 0 saturated carbocycles. The van der Waals surface area contributed by atoms with Gasteiger partial charge in [-0.05, 0) is 42.2 Å². The van der Waals surface area contributed by atoms with Gasteiger partial charge in [0.2, 0.25) is 5.43 Å². The number of para-hydroxylation sites is 1. The minimum atomic E-state index is -5.03. The number of nitrogens with zero attached hydrogens (tertiary/aromatic N) is 2. The Labute approximate surface area is 175 Å². The fourth-order valence-corrected chi connectivity index (χ4v) is 3.82. The highest BCUT2D eigenvalue weighted by atomic mass is 19.4. The minimum Gasteiger partial charge on any atom is -0.496 e. The van der Waals surface area contributed by atoms with Crippen LogP contribution in [-0.2, 0) is 12.0 Å². The van der Waals surface area contributed by atoms with Gasteiger partial charge in [0.05, 0.1) is 25.4 Å². The average Bonchev–Trinajstić information content (AvgIpc) is 2.69. The summed E-state index contributed by atoms with van der Waals surface area (Å²) in [6.07, 6.45) is -4.91. The summed E-state index contributed by atoms with van der Waals surface area (Å²) in [5.74, 6) is -0.421. The smallest absolute Gasteiger partial charge is 0.419 e. The molecule has 2 aromatic carbocycles. The van der Waals surface area contributed by atoms with Crippen LogP contribution in [-0.4, -0.2) is 33.8 Å². The lowest BCUT2D eigenvalue weighted by molar-refractivity contribution is -0.272. The number of aliphatic hydroxyl groups is 1. The number of halogens is 4. The molecular formula is C22H22F4N2O3. The largest absolute Gasteiger partial charge is 0.496 e. The van der Waals surface area contributed by atoms with Crippen LogP contribution in [0.25, 0.3) is 10.9 Å². The van der Waals surface area contributed by atoms with Crippen LogP contribution in [0.4, 0.5) is 17.6 Å². The molecule has 1 heterocycles. The molecule has 9 heteroatoms. The second-order valence-corrected chi connectivity index (χ2v) is 8.12. The molecule has 0 amide bonds. The zero-order valence-electron chi connectivity index (χ0n) is 17.2. The van der Waals surface area contributed by atoms with Gasteiger partial charge in [-0.25, -0.2) is 4.39 Å². The van der Waals surface area contributed by atoms with Gasteiger partial charge in [0.25, 0.3) is 0 Å². The van der Waals surface area contributed by atoms with Crippen molar-refractivity contribution >= 4 is 10.9 Å². The van der Waals surface area contributed by atoms with Gasteiger partial charge in [-0.3, -0.25) is 9.48 Å². The average molecular weight is 438 g/mol. The zero-order valence-corrected chi connectivity index (χ0v) is 17.2. The second-order valence-electron chi connectivity index (χ2n) is 8.12. The summed E-state index contributed by atoms with van der Waals surface area (Å²) in [6.45, 7) is 1.99. The molecule has 0 aliphatic rings. The van der Waals surface area contributed by atoms with E-state index in [9.17, 15) is 27.5 Å². The van der Waals surface area contributed by atoms with E-state index >= 15 is 0 Å². The van der Waals surface area contributed by atoms with Gasteiger partial charge in [-0.15, -0.1) is 0 Å². The van der Waals surface area contributed by atoms with Crippen molar-refractivity contribution < 1.29 is 27.4 Å². The summed E-state index contributed by atoms with van der Waals surface area (Å²) in [5.41, 5.74) is -4.63. The van der Waals surface area contributed by atoms with Crippen LogP contribution in [0.5, 0.6) is 5.75 Å². The number of hydrogen-bond acceptors (Lipinski definition) is 4. The van der Waals surface area contributed by atoms with Gasteiger partial charge in [0.15, 0.2) is 5.60 Å². The van der Waals surface area contributed by atoms with E-state index in [1.807, 2.05) is 0 Å². The molecule has 5 nitrogen and oxygen atoms in total. The summed E-state index contributed by atoms with van der Waals surface area (Å²) in [6, 6.07) is 9.66. The van der Waals surface area contributed by atoms with Gasteiger partial charge < -0.3 is 9.84 Å². The molecule has 1 N–H and O–H groups in total. The van der Waals surface area contributed by atoms with Crippen molar-refractivity contribution in [3.8, 4) is 5.75 Å². The molecule has 1 atom stereocenters. The van der Waals surface area contributed by atoms with Crippen molar-refractivity contribution in [2.45, 2.75) is 44.0 Å².